The van der Waals surface area contributed by atoms with Gasteiger partial charge in [-0.05, 0) is 32.6 Å². The van der Waals surface area contributed by atoms with Gasteiger partial charge in [-0.25, -0.2) is 4.79 Å². The molecule has 1 rings (SSSR count). The molecular formula is C14H19NO3. The Morgan fingerprint density at radius 3 is 2.61 bits per heavy atom. The van der Waals surface area contributed by atoms with Crippen LogP contribution in [0.5, 0.6) is 11.5 Å². The third kappa shape index (κ3) is 5.01. The Morgan fingerprint density at radius 1 is 1.33 bits per heavy atom. The molecule has 0 aliphatic rings. The first-order chi connectivity index (χ1) is 8.63. The summed E-state index contributed by atoms with van der Waals surface area (Å²) in [4.78, 5) is 13.2. The second-order valence-corrected chi connectivity index (χ2v) is 4.08. The standard InChI is InChI=1S/C14H19NO3/c1-4-14(16)18-13-9-6-5-8-12(13)17-11-7-10-15(2)3/h4-6,8-9H,1,7,10-11H2,2-3H3. The summed E-state index contributed by atoms with van der Waals surface area (Å²) in [7, 11) is 4.03. The van der Waals surface area contributed by atoms with Crippen LogP contribution >= 0.6 is 0 Å². The fraction of sp³-hybridized carbons (Fsp3) is 0.357. The average Bonchev–Trinajstić information content (AvgIpc) is 2.36. The maximum absolute atomic E-state index is 11.2. The van der Waals surface area contributed by atoms with Crippen molar-refractivity contribution in [3.8, 4) is 11.5 Å². The van der Waals surface area contributed by atoms with Gasteiger partial charge in [-0.2, -0.15) is 0 Å². The van der Waals surface area contributed by atoms with Crippen molar-refractivity contribution in [1.82, 2.24) is 4.90 Å². The fourth-order valence-electron chi connectivity index (χ4n) is 1.37. The van der Waals surface area contributed by atoms with E-state index in [0.29, 0.717) is 18.1 Å². The predicted molar refractivity (Wildman–Crippen MR) is 70.9 cm³/mol. The molecule has 98 valence electrons. The monoisotopic (exact) mass is 249 g/mol. The molecule has 0 N–H and O–H groups in total. The van der Waals surface area contributed by atoms with E-state index in [2.05, 4.69) is 11.5 Å². The molecule has 1 aromatic carbocycles. The van der Waals surface area contributed by atoms with E-state index in [1.807, 2.05) is 20.2 Å². The molecule has 0 aromatic heterocycles. The van der Waals surface area contributed by atoms with Gasteiger partial charge < -0.3 is 14.4 Å². The van der Waals surface area contributed by atoms with E-state index in [0.717, 1.165) is 19.0 Å². The summed E-state index contributed by atoms with van der Waals surface area (Å²) in [5.41, 5.74) is 0. The molecule has 4 nitrogen and oxygen atoms in total. The van der Waals surface area contributed by atoms with Crippen molar-refractivity contribution < 1.29 is 14.3 Å². The molecule has 0 unspecified atom stereocenters. The second kappa shape index (κ2) is 7.50. The lowest BCUT2D eigenvalue weighted by Gasteiger charge is -2.12. The van der Waals surface area contributed by atoms with E-state index in [4.69, 9.17) is 9.47 Å². The smallest absolute Gasteiger partial charge is 0.335 e. The van der Waals surface area contributed by atoms with Gasteiger partial charge in [-0.3, -0.25) is 0 Å². The molecule has 0 saturated heterocycles. The Balaban J connectivity index is 2.53. The van der Waals surface area contributed by atoms with E-state index in [1.54, 1.807) is 18.2 Å². The molecule has 0 heterocycles. The van der Waals surface area contributed by atoms with Crippen molar-refractivity contribution in [3.63, 3.8) is 0 Å². The van der Waals surface area contributed by atoms with Crippen molar-refractivity contribution in [3.05, 3.63) is 36.9 Å². The Hall–Kier alpha value is -1.81. The van der Waals surface area contributed by atoms with Gasteiger partial charge in [-0.15, -0.1) is 0 Å². The molecule has 0 radical (unpaired) electrons. The van der Waals surface area contributed by atoms with Crippen LogP contribution in [0.3, 0.4) is 0 Å². The molecular weight excluding hydrogens is 230 g/mol. The minimum atomic E-state index is -0.487. The lowest BCUT2D eigenvalue weighted by atomic mass is 10.3. The molecule has 4 heteroatoms. The van der Waals surface area contributed by atoms with Crippen LogP contribution < -0.4 is 9.47 Å². The topological polar surface area (TPSA) is 38.8 Å². The maximum atomic E-state index is 11.2. The SMILES string of the molecule is C=CC(=O)Oc1ccccc1OCCCN(C)C. The molecule has 0 aliphatic heterocycles. The summed E-state index contributed by atoms with van der Waals surface area (Å²) in [6.45, 7) is 4.90. The number of carbonyl (C=O) groups is 1. The average molecular weight is 249 g/mol. The zero-order valence-corrected chi connectivity index (χ0v) is 10.9. The second-order valence-electron chi connectivity index (χ2n) is 4.08. The third-order valence-electron chi connectivity index (χ3n) is 2.23. The van der Waals surface area contributed by atoms with E-state index < -0.39 is 5.97 Å². The molecule has 0 aliphatic carbocycles. The number of esters is 1. The number of ether oxygens (including phenoxy) is 2. The number of benzene rings is 1. The number of nitrogens with zero attached hydrogens (tertiary/aromatic N) is 1. The summed E-state index contributed by atoms with van der Waals surface area (Å²) >= 11 is 0. The van der Waals surface area contributed by atoms with Gasteiger partial charge in [-0.1, -0.05) is 18.7 Å². The summed E-state index contributed by atoms with van der Waals surface area (Å²) in [5, 5.41) is 0. The molecule has 18 heavy (non-hydrogen) atoms. The Labute approximate surface area is 108 Å². The van der Waals surface area contributed by atoms with Gasteiger partial charge in [0.15, 0.2) is 11.5 Å². The highest BCUT2D eigenvalue weighted by molar-refractivity contribution is 5.83. The molecule has 0 bridgehead atoms. The van der Waals surface area contributed by atoms with E-state index in [9.17, 15) is 4.79 Å². The largest absolute Gasteiger partial charge is 0.490 e. The van der Waals surface area contributed by atoms with E-state index in [1.165, 1.54) is 0 Å². The van der Waals surface area contributed by atoms with Crippen molar-refractivity contribution >= 4 is 5.97 Å². The van der Waals surface area contributed by atoms with Gasteiger partial charge in [0.2, 0.25) is 0 Å². The Kier molecular flexibility index (Phi) is 5.94. The van der Waals surface area contributed by atoms with Crippen LogP contribution in [0.2, 0.25) is 0 Å². The van der Waals surface area contributed by atoms with E-state index >= 15 is 0 Å². The first-order valence-corrected chi connectivity index (χ1v) is 5.84. The highest BCUT2D eigenvalue weighted by Crippen LogP contribution is 2.26. The first-order valence-electron chi connectivity index (χ1n) is 5.84. The van der Waals surface area contributed by atoms with Crippen LogP contribution in [0.25, 0.3) is 0 Å². The number of hydrogen-bond donors (Lipinski definition) is 0. The summed E-state index contributed by atoms with van der Waals surface area (Å²) < 4.78 is 10.7. The Bertz CT molecular complexity index is 402. The third-order valence-corrected chi connectivity index (χ3v) is 2.23. The summed E-state index contributed by atoms with van der Waals surface area (Å²) in [6.07, 6.45) is 2.04. The van der Waals surface area contributed by atoms with Crippen LogP contribution in [0, 0.1) is 0 Å². The number of hydrogen-bond acceptors (Lipinski definition) is 4. The van der Waals surface area contributed by atoms with Gasteiger partial charge in [0, 0.05) is 12.6 Å². The normalized spacial score (nSPS) is 10.2. The minimum absolute atomic E-state index is 0.423. The quantitative estimate of drug-likeness (QED) is 0.321. The molecule has 0 amide bonds. The van der Waals surface area contributed by atoms with Crippen LogP contribution in [0.4, 0.5) is 0 Å². The maximum Gasteiger partial charge on any atom is 0.335 e. The van der Waals surface area contributed by atoms with Gasteiger partial charge >= 0.3 is 5.97 Å². The van der Waals surface area contributed by atoms with Crippen LogP contribution in [-0.4, -0.2) is 38.1 Å². The zero-order valence-electron chi connectivity index (χ0n) is 10.9. The number of rotatable bonds is 7. The number of carbonyl (C=O) groups excluding carboxylic acids is 1. The Morgan fingerprint density at radius 2 is 2.00 bits per heavy atom. The van der Waals surface area contributed by atoms with Crippen molar-refractivity contribution in [2.75, 3.05) is 27.2 Å². The minimum Gasteiger partial charge on any atom is -0.490 e. The van der Waals surface area contributed by atoms with Gasteiger partial charge in [0.05, 0.1) is 6.61 Å². The molecule has 0 atom stereocenters. The number of para-hydroxylation sites is 2. The van der Waals surface area contributed by atoms with E-state index in [-0.39, 0.29) is 0 Å². The van der Waals surface area contributed by atoms with Crippen molar-refractivity contribution in [2.24, 2.45) is 0 Å². The van der Waals surface area contributed by atoms with Crippen LogP contribution in [0.1, 0.15) is 6.42 Å². The molecule has 0 fully saturated rings. The molecule has 1 aromatic rings. The highest BCUT2D eigenvalue weighted by Gasteiger charge is 2.07. The lowest BCUT2D eigenvalue weighted by molar-refractivity contribution is -0.129. The lowest BCUT2D eigenvalue weighted by Crippen LogP contribution is -2.15. The van der Waals surface area contributed by atoms with Gasteiger partial charge in [0.25, 0.3) is 0 Å². The van der Waals surface area contributed by atoms with Crippen molar-refractivity contribution in [1.29, 1.82) is 0 Å². The highest BCUT2D eigenvalue weighted by atomic mass is 16.6. The van der Waals surface area contributed by atoms with Crippen LogP contribution in [0.15, 0.2) is 36.9 Å². The van der Waals surface area contributed by atoms with Gasteiger partial charge in [0.1, 0.15) is 0 Å². The fourth-order valence-corrected chi connectivity index (χ4v) is 1.37. The van der Waals surface area contributed by atoms with Crippen molar-refractivity contribution in [2.45, 2.75) is 6.42 Å². The zero-order chi connectivity index (χ0) is 13.4. The summed E-state index contributed by atoms with van der Waals surface area (Å²) in [6, 6.07) is 7.11. The predicted octanol–water partition coefficient (Wildman–Crippen LogP) is 2.11. The summed E-state index contributed by atoms with van der Waals surface area (Å²) in [5.74, 6) is 0.512. The molecule has 0 saturated carbocycles. The van der Waals surface area contributed by atoms with Crippen LogP contribution in [-0.2, 0) is 4.79 Å². The first kappa shape index (κ1) is 14.3. The molecule has 0 spiro atoms.